The zero-order chi connectivity index (χ0) is 23.3. The summed E-state index contributed by atoms with van der Waals surface area (Å²) in [5, 5.41) is 10.8. The Hall–Kier alpha value is -3.15. The van der Waals surface area contributed by atoms with Crippen molar-refractivity contribution in [2.45, 2.75) is 19.8 Å². The molecule has 0 aliphatic rings. The number of rotatable bonds is 1. The minimum Gasteiger partial charge on any atom is -0.168 e. The summed E-state index contributed by atoms with van der Waals surface area (Å²) in [5.41, 5.74) is 1.42. The number of hydrogen-bond donors (Lipinski definition) is 0. The SMILES string of the molecule is CC(C)c1ccc2c(c1)[cH-]c1ccccc12.[Zr+3].c1ccc2[cH-]ccc2c1.c1ccc2[cH-]ccc2c1. The number of hydrogen-bond acceptors (Lipinski definition) is 0. The van der Waals surface area contributed by atoms with Crippen LogP contribution in [0.15, 0.2) is 133 Å². The van der Waals surface area contributed by atoms with E-state index in [1.165, 1.54) is 48.7 Å². The molecule has 0 nitrogen and oxygen atoms in total. The Balaban J connectivity index is 0.000000130. The van der Waals surface area contributed by atoms with E-state index in [0.717, 1.165) is 0 Å². The largest absolute Gasteiger partial charge is 3.00 e. The summed E-state index contributed by atoms with van der Waals surface area (Å²) >= 11 is 0. The summed E-state index contributed by atoms with van der Waals surface area (Å²) in [6.45, 7) is 4.48. The van der Waals surface area contributed by atoms with Crippen LogP contribution in [0.3, 0.4) is 0 Å². The Bertz CT molecular complexity index is 1510. The van der Waals surface area contributed by atoms with E-state index in [9.17, 15) is 0 Å². The van der Waals surface area contributed by atoms with E-state index in [4.69, 9.17) is 0 Å². The first kappa shape index (κ1) is 25.0. The molecule has 0 unspecified atom stereocenters. The van der Waals surface area contributed by atoms with E-state index >= 15 is 0 Å². The minimum absolute atomic E-state index is 0. The van der Waals surface area contributed by atoms with Crippen LogP contribution in [0.5, 0.6) is 0 Å². The first-order chi connectivity index (χ1) is 16.7. The van der Waals surface area contributed by atoms with Gasteiger partial charge in [0.05, 0.1) is 0 Å². The predicted octanol–water partition coefficient (Wildman–Crippen LogP) is 9.95. The second-order valence-electron chi connectivity index (χ2n) is 9.04. The van der Waals surface area contributed by atoms with Gasteiger partial charge in [-0.15, -0.1) is 99.0 Å². The van der Waals surface area contributed by atoms with Gasteiger partial charge in [-0.2, -0.15) is 35.0 Å². The standard InChI is InChI=1S/C16H15.2C9H7.Zr/c1-11(2)12-7-8-16-14(9-12)10-13-5-3-4-6-15(13)16;2*1-2-5-9-7-3-6-8(9)4-1;/h3-11H,1-2H3;2*1-7H;/q3*-1;+3. The summed E-state index contributed by atoms with van der Waals surface area (Å²) in [5.74, 6) is 0.599. The van der Waals surface area contributed by atoms with E-state index in [1.807, 2.05) is 0 Å². The van der Waals surface area contributed by atoms with Gasteiger partial charge in [0.2, 0.25) is 0 Å². The van der Waals surface area contributed by atoms with Crippen molar-refractivity contribution in [3.63, 3.8) is 0 Å². The van der Waals surface area contributed by atoms with E-state index in [2.05, 4.69) is 147 Å². The Morgan fingerprint density at radius 1 is 0.514 bits per heavy atom. The van der Waals surface area contributed by atoms with Gasteiger partial charge in [-0.1, -0.05) is 61.9 Å². The van der Waals surface area contributed by atoms with Crippen molar-refractivity contribution in [2.24, 2.45) is 0 Å². The van der Waals surface area contributed by atoms with Crippen molar-refractivity contribution in [1.29, 1.82) is 0 Å². The molecule has 0 fully saturated rings. The Morgan fingerprint density at radius 2 is 1.03 bits per heavy atom. The zero-order valence-electron chi connectivity index (χ0n) is 20.3. The summed E-state index contributed by atoms with van der Waals surface area (Å²) in [7, 11) is 0. The van der Waals surface area contributed by atoms with Gasteiger partial charge in [0, 0.05) is 0 Å². The van der Waals surface area contributed by atoms with Crippen LogP contribution in [-0.4, -0.2) is 0 Å². The number of benzene rings is 4. The van der Waals surface area contributed by atoms with Crippen LogP contribution in [0.4, 0.5) is 0 Å². The van der Waals surface area contributed by atoms with E-state index in [-0.39, 0.29) is 26.2 Å². The van der Waals surface area contributed by atoms with E-state index in [0.29, 0.717) is 5.92 Å². The topological polar surface area (TPSA) is 0 Å². The first-order valence-corrected chi connectivity index (χ1v) is 12.0. The molecule has 0 N–H and O–H groups in total. The third-order valence-corrected chi connectivity index (χ3v) is 6.40. The van der Waals surface area contributed by atoms with E-state index < -0.39 is 0 Å². The maximum atomic E-state index is 2.32. The van der Waals surface area contributed by atoms with Crippen molar-refractivity contribution in [3.05, 3.63) is 139 Å². The van der Waals surface area contributed by atoms with Crippen LogP contribution in [0, 0.1) is 0 Å². The molecule has 0 saturated heterocycles. The van der Waals surface area contributed by atoms with Gasteiger partial charge in [-0.25, -0.2) is 0 Å². The smallest absolute Gasteiger partial charge is 0.168 e. The average molecular weight is 529 g/mol. The molecule has 7 aromatic rings. The Kier molecular flexibility index (Phi) is 8.22. The molecular formula is C34H29Zr. The first-order valence-electron chi connectivity index (χ1n) is 12.0. The molecule has 169 valence electrons. The molecule has 0 atom stereocenters. The Labute approximate surface area is 227 Å². The summed E-state index contributed by atoms with van der Waals surface area (Å²) < 4.78 is 0. The third kappa shape index (κ3) is 5.75. The summed E-state index contributed by atoms with van der Waals surface area (Å²) in [4.78, 5) is 0. The molecule has 0 spiro atoms. The quantitative estimate of drug-likeness (QED) is 0.186. The van der Waals surface area contributed by atoms with Gasteiger partial charge in [-0.3, -0.25) is 0 Å². The van der Waals surface area contributed by atoms with Crippen LogP contribution in [-0.2, 0) is 26.2 Å². The minimum atomic E-state index is 0. The molecule has 7 aromatic carbocycles. The average Bonchev–Trinajstić information content (AvgIpc) is 3.62. The van der Waals surface area contributed by atoms with Crippen LogP contribution in [0.2, 0.25) is 0 Å². The van der Waals surface area contributed by atoms with Gasteiger partial charge in [-0.05, 0) is 5.92 Å². The molecule has 0 aromatic heterocycles. The molecule has 0 aliphatic heterocycles. The fourth-order valence-electron chi connectivity index (χ4n) is 4.48. The van der Waals surface area contributed by atoms with Gasteiger partial charge >= 0.3 is 26.2 Å². The molecule has 1 radical (unpaired) electrons. The maximum absolute atomic E-state index is 2.32. The Morgan fingerprint density at radius 3 is 1.60 bits per heavy atom. The summed E-state index contributed by atoms with van der Waals surface area (Å²) in [6.07, 6.45) is 0. The van der Waals surface area contributed by atoms with Crippen molar-refractivity contribution in [3.8, 4) is 0 Å². The van der Waals surface area contributed by atoms with Crippen LogP contribution in [0.1, 0.15) is 25.3 Å². The monoisotopic (exact) mass is 527 g/mol. The fraction of sp³-hybridized carbons (Fsp3) is 0.0882. The van der Waals surface area contributed by atoms with Crippen molar-refractivity contribution >= 4 is 43.1 Å². The molecule has 7 rings (SSSR count). The molecule has 0 bridgehead atoms. The molecular weight excluding hydrogens is 500 g/mol. The van der Waals surface area contributed by atoms with Crippen LogP contribution in [0.25, 0.3) is 43.1 Å². The van der Waals surface area contributed by atoms with Gasteiger partial charge in [0.25, 0.3) is 0 Å². The normalized spacial score (nSPS) is 10.6. The molecule has 0 amide bonds. The zero-order valence-corrected chi connectivity index (χ0v) is 22.7. The van der Waals surface area contributed by atoms with Crippen molar-refractivity contribution in [2.75, 3.05) is 0 Å². The molecule has 0 saturated carbocycles. The molecule has 35 heavy (non-hydrogen) atoms. The second-order valence-corrected chi connectivity index (χ2v) is 9.04. The molecule has 0 heterocycles. The fourth-order valence-corrected chi connectivity index (χ4v) is 4.48. The molecule has 1 heteroatoms. The number of fused-ring (bicyclic) bond motifs is 5. The van der Waals surface area contributed by atoms with Gasteiger partial charge in [0.15, 0.2) is 0 Å². The second kappa shape index (κ2) is 11.5. The predicted molar refractivity (Wildman–Crippen MR) is 150 cm³/mol. The summed E-state index contributed by atoms with van der Waals surface area (Å²) in [6, 6.07) is 47.1. The van der Waals surface area contributed by atoms with Crippen LogP contribution < -0.4 is 0 Å². The third-order valence-electron chi connectivity index (χ3n) is 6.40. The maximum Gasteiger partial charge on any atom is 3.00 e. The van der Waals surface area contributed by atoms with Crippen molar-refractivity contribution in [1.82, 2.24) is 0 Å². The molecule has 0 aliphatic carbocycles. The van der Waals surface area contributed by atoms with Crippen molar-refractivity contribution < 1.29 is 26.2 Å². The van der Waals surface area contributed by atoms with E-state index in [1.54, 1.807) is 0 Å². The van der Waals surface area contributed by atoms with Gasteiger partial charge < -0.3 is 0 Å². The van der Waals surface area contributed by atoms with Crippen LogP contribution >= 0.6 is 0 Å². The van der Waals surface area contributed by atoms with Gasteiger partial charge in [0.1, 0.15) is 0 Å².